The average molecular weight is 633 g/mol. The summed E-state index contributed by atoms with van der Waals surface area (Å²) in [6.45, 7) is 8.66. The number of benzene rings is 4. The first-order valence-corrected chi connectivity index (χ1v) is 15.0. The van der Waals surface area contributed by atoms with Gasteiger partial charge in [0.2, 0.25) is 0 Å². The molecule has 0 N–H and O–H groups in total. The third kappa shape index (κ3) is 7.83. The molecule has 0 amide bonds. The third-order valence-electron chi connectivity index (χ3n) is 6.44. The lowest BCUT2D eigenvalue weighted by molar-refractivity contribution is 1.17. The summed E-state index contributed by atoms with van der Waals surface area (Å²) in [4.78, 5) is 0. The van der Waals surface area contributed by atoms with Crippen molar-refractivity contribution in [1.29, 1.82) is 0 Å². The lowest BCUT2D eigenvalue weighted by Gasteiger charge is -2.21. The van der Waals surface area contributed by atoms with Gasteiger partial charge in [0.1, 0.15) is 0 Å². The molecule has 3 heteroatoms. The van der Waals surface area contributed by atoms with Crippen LogP contribution in [0.2, 0.25) is 0 Å². The maximum Gasteiger partial charge on any atom is 0.0489 e. The molecule has 4 rings (SSSR count). The highest BCUT2D eigenvalue weighted by Crippen LogP contribution is 2.43. The van der Waals surface area contributed by atoms with Gasteiger partial charge in [0.15, 0.2) is 0 Å². The Hall–Kier alpha value is -2.33. The van der Waals surface area contributed by atoms with Crippen LogP contribution in [0.15, 0.2) is 106 Å². The SMILES string of the molecule is Cc1ccc(/C=C\C(SC(/C=C\c2ccc(C)cc2C)c2ccc(Br)cc2)c2ccc(Br)cc2)c(C)c1. The zero-order valence-electron chi connectivity index (χ0n) is 21.7. The normalized spacial score (nSPS) is 13.4. The Morgan fingerprint density at radius 2 is 0.919 bits per heavy atom. The highest BCUT2D eigenvalue weighted by atomic mass is 79.9. The van der Waals surface area contributed by atoms with E-state index >= 15 is 0 Å². The standard InChI is InChI=1S/C34H32Br2S/c1-23-5-7-27(25(3)21-23)13-19-33(29-9-15-31(35)16-10-29)37-34(30-11-17-32(36)18-12-30)20-14-28-8-6-24(2)22-26(28)4/h5-22,33-34H,1-4H3/b19-13-,20-14-. The third-order valence-corrected chi connectivity index (χ3v) is 8.94. The molecule has 4 aromatic carbocycles. The molecule has 0 bridgehead atoms. The number of hydrogen-bond donors (Lipinski definition) is 0. The quantitative estimate of drug-likeness (QED) is 0.186. The van der Waals surface area contributed by atoms with E-state index in [1.807, 2.05) is 11.8 Å². The van der Waals surface area contributed by atoms with Crippen molar-refractivity contribution in [3.63, 3.8) is 0 Å². The minimum atomic E-state index is 0.186. The van der Waals surface area contributed by atoms with Crippen LogP contribution in [-0.2, 0) is 0 Å². The fourth-order valence-electron chi connectivity index (χ4n) is 4.34. The smallest absolute Gasteiger partial charge is 0.0489 e. The molecule has 0 radical (unpaired) electrons. The molecule has 0 spiro atoms. The highest BCUT2D eigenvalue weighted by molar-refractivity contribution is 9.10. The average Bonchev–Trinajstić information content (AvgIpc) is 2.87. The van der Waals surface area contributed by atoms with Crippen LogP contribution in [0.4, 0.5) is 0 Å². The Kier molecular flexibility index (Phi) is 9.70. The van der Waals surface area contributed by atoms with E-state index in [1.54, 1.807) is 0 Å². The second kappa shape index (κ2) is 13.0. The van der Waals surface area contributed by atoms with Gasteiger partial charge in [-0.25, -0.2) is 0 Å². The van der Waals surface area contributed by atoms with Crippen molar-refractivity contribution in [2.24, 2.45) is 0 Å². The van der Waals surface area contributed by atoms with Gasteiger partial charge in [-0.3, -0.25) is 0 Å². The van der Waals surface area contributed by atoms with Crippen molar-refractivity contribution in [2.45, 2.75) is 38.2 Å². The van der Waals surface area contributed by atoms with E-state index in [0.717, 1.165) is 8.95 Å². The van der Waals surface area contributed by atoms with Crippen molar-refractivity contribution in [2.75, 3.05) is 0 Å². The molecule has 0 aromatic heterocycles. The number of rotatable bonds is 8. The fourth-order valence-corrected chi connectivity index (χ4v) is 6.15. The van der Waals surface area contributed by atoms with Crippen LogP contribution in [0.3, 0.4) is 0 Å². The van der Waals surface area contributed by atoms with Gasteiger partial charge in [-0.1, -0.05) is 128 Å². The van der Waals surface area contributed by atoms with E-state index in [4.69, 9.17) is 0 Å². The summed E-state index contributed by atoms with van der Waals surface area (Å²) in [6, 6.07) is 30.7. The van der Waals surface area contributed by atoms with E-state index in [2.05, 4.69) is 169 Å². The first-order valence-electron chi connectivity index (χ1n) is 12.5. The number of halogens is 2. The highest BCUT2D eigenvalue weighted by Gasteiger charge is 2.17. The summed E-state index contributed by atoms with van der Waals surface area (Å²) >= 11 is 9.17. The molecule has 0 fully saturated rings. The monoisotopic (exact) mass is 630 g/mol. The maximum atomic E-state index is 3.60. The molecule has 0 aliphatic carbocycles. The minimum Gasteiger partial charge on any atom is -0.137 e. The second-order valence-corrected chi connectivity index (χ2v) is 12.6. The van der Waals surface area contributed by atoms with Crippen LogP contribution in [-0.4, -0.2) is 0 Å². The van der Waals surface area contributed by atoms with E-state index < -0.39 is 0 Å². The predicted molar refractivity (Wildman–Crippen MR) is 171 cm³/mol. The molecular formula is C34H32Br2S. The largest absolute Gasteiger partial charge is 0.137 e. The van der Waals surface area contributed by atoms with Crippen molar-refractivity contribution in [3.8, 4) is 0 Å². The van der Waals surface area contributed by atoms with Gasteiger partial charge >= 0.3 is 0 Å². The van der Waals surface area contributed by atoms with Gasteiger partial charge < -0.3 is 0 Å². The fraction of sp³-hybridized carbons (Fsp3) is 0.176. The number of thioether (sulfide) groups is 1. The van der Waals surface area contributed by atoms with E-state index in [1.165, 1.54) is 44.5 Å². The second-order valence-electron chi connectivity index (χ2n) is 9.52. The Morgan fingerprint density at radius 1 is 0.541 bits per heavy atom. The molecule has 37 heavy (non-hydrogen) atoms. The van der Waals surface area contributed by atoms with E-state index in [9.17, 15) is 0 Å². The van der Waals surface area contributed by atoms with Crippen LogP contribution < -0.4 is 0 Å². The summed E-state index contributed by atoms with van der Waals surface area (Å²) < 4.78 is 2.19. The topological polar surface area (TPSA) is 0 Å². The zero-order valence-corrected chi connectivity index (χ0v) is 25.7. The van der Waals surface area contributed by atoms with Crippen molar-refractivity contribution < 1.29 is 0 Å². The molecule has 0 heterocycles. The van der Waals surface area contributed by atoms with Crippen molar-refractivity contribution in [3.05, 3.63) is 151 Å². The first kappa shape index (κ1) is 27.7. The number of hydrogen-bond acceptors (Lipinski definition) is 1. The van der Waals surface area contributed by atoms with Crippen LogP contribution in [0.25, 0.3) is 12.2 Å². The van der Waals surface area contributed by atoms with E-state index in [0.29, 0.717) is 0 Å². The summed E-state index contributed by atoms with van der Waals surface area (Å²) in [5.41, 5.74) is 10.3. The molecule has 0 nitrogen and oxygen atoms in total. The lowest BCUT2D eigenvalue weighted by Crippen LogP contribution is -1.97. The zero-order chi connectivity index (χ0) is 26.4. The van der Waals surface area contributed by atoms with Crippen LogP contribution >= 0.6 is 43.6 Å². The Morgan fingerprint density at radius 3 is 1.27 bits per heavy atom. The molecule has 0 saturated heterocycles. The summed E-state index contributed by atoms with van der Waals surface area (Å²) in [5.74, 6) is 0. The molecule has 2 atom stereocenters. The Labute approximate surface area is 243 Å². The van der Waals surface area contributed by atoms with Gasteiger partial charge in [-0.2, -0.15) is 0 Å². The maximum absolute atomic E-state index is 3.60. The summed E-state index contributed by atoms with van der Waals surface area (Å²) in [5, 5.41) is 0.373. The van der Waals surface area contributed by atoms with E-state index in [-0.39, 0.29) is 10.5 Å². The van der Waals surface area contributed by atoms with Gasteiger partial charge in [0, 0.05) is 19.4 Å². The summed E-state index contributed by atoms with van der Waals surface area (Å²) in [6.07, 6.45) is 9.26. The summed E-state index contributed by atoms with van der Waals surface area (Å²) in [7, 11) is 0. The van der Waals surface area contributed by atoms with Gasteiger partial charge in [0.25, 0.3) is 0 Å². The van der Waals surface area contributed by atoms with Gasteiger partial charge in [-0.15, -0.1) is 11.8 Å². The molecule has 0 aliphatic rings. The predicted octanol–water partition coefficient (Wildman–Crippen LogP) is 11.4. The first-order chi connectivity index (χ1) is 17.8. The van der Waals surface area contributed by atoms with Crippen LogP contribution in [0.1, 0.15) is 55.0 Å². The Bertz CT molecular complexity index is 1290. The Balaban J connectivity index is 1.71. The van der Waals surface area contributed by atoms with Crippen LogP contribution in [0.5, 0.6) is 0 Å². The lowest BCUT2D eigenvalue weighted by atomic mass is 10.0. The van der Waals surface area contributed by atoms with Crippen molar-refractivity contribution >= 4 is 55.8 Å². The molecule has 2 unspecified atom stereocenters. The molecule has 0 saturated carbocycles. The molecule has 4 aromatic rings. The minimum absolute atomic E-state index is 0.186. The van der Waals surface area contributed by atoms with Gasteiger partial charge in [-0.05, 0) is 85.3 Å². The molecular weight excluding hydrogens is 600 g/mol. The van der Waals surface area contributed by atoms with Gasteiger partial charge in [0.05, 0.1) is 0 Å². The molecule has 188 valence electrons. The molecule has 0 aliphatic heterocycles. The van der Waals surface area contributed by atoms with Crippen molar-refractivity contribution in [1.82, 2.24) is 0 Å². The van der Waals surface area contributed by atoms with Crippen LogP contribution in [0, 0.1) is 27.7 Å². The number of aryl methyl sites for hydroxylation is 4.